The van der Waals surface area contributed by atoms with Crippen molar-refractivity contribution < 1.29 is 9.29 Å². The lowest BCUT2D eigenvalue weighted by atomic mass is 10.1. The molecule has 1 unspecified atom stereocenters. The number of halogens is 2. The third-order valence-electron chi connectivity index (χ3n) is 4.36. The van der Waals surface area contributed by atoms with Gasteiger partial charge in [-0.1, -0.05) is 33.7 Å². The van der Waals surface area contributed by atoms with E-state index >= 15 is 0 Å². The maximum Gasteiger partial charge on any atom is 0.144 e. The molecule has 8 heteroatoms. The molecule has 0 aliphatic rings. The summed E-state index contributed by atoms with van der Waals surface area (Å²) in [5, 5.41) is 1.52. The van der Waals surface area contributed by atoms with Crippen LogP contribution in [0.25, 0.3) is 10.9 Å². The first-order valence-corrected chi connectivity index (χ1v) is 11.3. The van der Waals surface area contributed by atoms with Gasteiger partial charge < -0.3 is 9.29 Å². The molecule has 0 N–H and O–H groups in total. The summed E-state index contributed by atoms with van der Waals surface area (Å²) in [6.45, 7) is 9.28. The first kappa shape index (κ1) is 22.8. The van der Waals surface area contributed by atoms with Crippen LogP contribution in [0.4, 0.5) is 0 Å². The van der Waals surface area contributed by atoms with E-state index in [0.717, 1.165) is 11.1 Å². The topological polar surface area (TPSA) is 70.4 Å². The number of nitrogens with zero attached hydrogens (tertiary/aromatic N) is 3. The summed E-state index contributed by atoms with van der Waals surface area (Å²) in [4.78, 5) is 8.79. The third kappa shape index (κ3) is 5.24. The van der Waals surface area contributed by atoms with Crippen LogP contribution in [-0.4, -0.2) is 25.0 Å². The molecule has 0 aliphatic carbocycles. The van der Waals surface area contributed by atoms with Crippen molar-refractivity contribution in [2.75, 3.05) is 0 Å². The number of benzene rings is 1. The second kappa shape index (κ2) is 9.10. The van der Waals surface area contributed by atoms with Crippen molar-refractivity contribution >= 4 is 51.2 Å². The molecule has 0 amide bonds. The summed E-state index contributed by atoms with van der Waals surface area (Å²) in [7, 11) is 0. The summed E-state index contributed by atoms with van der Waals surface area (Å²) in [5.41, 5.74) is 2.62. The highest BCUT2D eigenvalue weighted by Gasteiger charge is 2.27. The fourth-order valence-electron chi connectivity index (χ4n) is 2.67. The number of rotatable bonds is 5. The van der Waals surface area contributed by atoms with Crippen molar-refractivity contribution in [3.8, 4) is 5.75 Å². The van der Waals surface area contributed by atoms with E-state index in [-0.39, 0.29) is 11.3 Å². The maximum atomic E-state index is 12.4. The predicted molar refractivity (Wildman–Crippen MR) is 125 cm³/mol. The van der Waals surface area contributed by atoms with Crippen LogP contribution in [0.1, 0.15) is 52.0 Å². The highest BCUT2D eigenvalue weighted by atomic mass is 35.5. The third-order valence-corrected chi connectivity index (χ3v) is 6.43. The Morgan fingerprint density at radius 3 is 2.57 bits per heavy atom. The Morgan fingerprint density at radius 2 is 1.93 bits per heavy atom. The van der Waals surface area contributed by atoms with Crippen molar-refractivity contribution in [1.82, 2.24) is 9.97 Å². The molecule has 0 saturated heterocycles. The predicted octanol–water partition coefficient (Wildman–Crippen LogP) is 6.35. The van der Waals surface area contributed by atoms with Gasteiger partial charge in [-0.05, 0) is 58.9 Å². The highest BCUT2D eigenvalue weighted by Crippen LogP contribution is 2.34. The van der Waals surface area contributed by atoms with E-state index in [9.17, 15) is 4.55 Å². The Bertz CT molecular complexity index is 1090. The Morgan fingerprint density at radius 1 is 1.20 bits per heavy atom. The lowest BCUT2D eigenvalue weighted by Crippen LogP contribution is -2.26. The second-order valence-electron chi connectivity index (χ2n) is 7.85. The molecule has 3 rings (SSSR count). The normalized spacial score (nSPS) is 14.6. The number of ether oxygens (including phenoxy) is 1. The number of aromatic nitrogens is 2. The minimum absolute atomic E-state index is 0.278. The molecule has 2 atom stereocenters. The van der Waals surface area contributed by atoms with Crippen LogP contribution in [0.15, 0.2) is 47.0 Å². The van der Waals surface area contributed by atoms with Crippen molar-refractivity contribution in [3.05, 3.63) is 64.0 Å². The molecule has 0 bridgehead atoms. The molecule has 0 radical (unpaired) electrons. The Labute approximate surface area is 189 Å². The second-order valence-corrected chi connectivity index (χ2v) is 10.5. The van der Waals surface area contributed by atoms with Gasteiger partial charge in [-0.25, -0.2) is 4.98 Å². The zero-order chi connectivity index (χ0) is 22.1. The molecule has 0 aliphatic heterocycles. The van der Waals surface area contributed by atoms with Crippen molar-refractivity contribution in [1.29, 1.82) is 0 Å². The zero-order valence-corrected chi connectivity index (χ0v) is 19.8. The largest absolute Gasteiger partial charge is 0.591 e. The van der Waals surface area contributed by atoms with Crippen LogP contribution < -0.4 is 4.74 Å². The molecule has 0 fully saturated rings. The van der Waals surface area contributed by atoms with Gasteiger partial charge >= 0.3 is 0 Å². The summed E-state index contributed by atoms with van der Waals surface area (Å²) in [6, 6.07) is 11.0. The van der Waals surface area contributed by atoms with E-state index in [1.165, 1.54) is 0 Å². The van der Waals surface area contributed by atoms with E-state index in [2.05, 4.69) is 14.4 Å². The molecule has 158 valence electrons. The zero-order valence-electron chi connectivity index (χ0n) is 17.4. The number of pyridine rings is 2. The van der Waals surface area contributed by atoms with Gasteiger partial charge in [0.25, 0.3) is 0 Å². The smallest absolute Gasteiger partial charge is 0.144 e. The Balaban J connectivity index is 1.95. The molecule has 0 saturated carbocycles. The molecule has 30 heavy (non-hydrogen) atoms. The summed E-state index contributed by atoms with van der Waals surface area (Å²) in [6.07, 6.45) is 1.44. The van der Waals surface area contributed by atoms with Gasteiger partial charge in [0.15, 0.2) is 0 Å². The van der Waals surface area contributed by atoms with Gasteiger partial charge in [-0.15, -0.1) is 0 Å². The van der Waals surface area contributed by atoms with Gasteiger partial charge in [-0.2, -0.15) is 0 Å². The molecule has 1 aromatic carbocycles. The van der Waals surface area contributed by atoms with Crippen LogP contribution in [0.2, 0.25) is 10.2 Å². The molecule has 3 aromatic rings. The van der Waals surface area contributed by atoms with E-state index in [4.69, 9.17) is 27.9 Å². The number of hydrogen-bond acceptors (Lipinski definition) is 5. The van der Waals surface area contributed by atoms with Gasteiger partial charge in [-0.3, -0.25) is 4.98 Å². The average molecular weight is 464 g/mol. The van der Waals surface area contributed by atoms with Gasteiger partial charge in [0.1, 0.15) is 33.1 Å². The quantitative estimate of drug-likeness (QED) is 0.251. The van der Waals surface area contributed by atoms with Crippen LogP contribution in [0, 0.1) is 0 Å². The Hall–Kier alpha value is -1.86. The fourth-order valence-corrected chi connectivity index (χ4v) is 3.79. The molecule has 2 heterocycles. The molecule has 0 spiro atoms. The van der Waals surface area contributed by atoms with E-state index < -0.39 is 16.1 Å². The van der Waals surface area contributed by atoms with Crippen LogP contribution in [0.5, 0.6) is 5.75 Å². The van der Waals surface area contributed by atoms with Gasteiger partial charge in [0.05, 0.1) is 21.9 Å². The Kier molecular flexibility index (Phi) is 6.92. The van der Waals surface area contributed by atoms with E-state index in [1.54, 1.807) is 25.3 Å². The molecule has 2 aromatic heterocycles. The monoisotopic (exact) mass is 463 g/mol. The summed E-state index contributed by atoms with van der Waals surface area (Å²) >= 11 is 11.5. The van der Waals surface area contributed by atoms with E-state index in [1.807, 2.05) is 52.0 Å². The van der Waals surface area contributed by atoms with Crippen LogP contribution in [-0.2, 0) is 11.4 Å². The SMILES string of the molecule is CC(=N[S@+]([O-])C(C)(C)C)c1cc2cc(Cl)c(OC(C)c3ccccn3)cc2nc1Cl. The minimum atomic E-state index is -1.39. The first-order chi connectivity index (χ1) is 14.1. The summed E-state index contributed by atoms with van der Waals surface area (Å²) < 4.78 is 22.2. The molecule has 5 nitrogen and oxygen atoms in total. The standard InChI is InChI=1S/C22H23Cl2N3O2S/c1-13(27-30(28)22(3,4)5)16-10-15-11-17(23)20(12-19(15)26-21(16)24)29-14(2)18-8-6-7-9-25-18/h6-12,14H,1-5H3/t14?,30-/m1/s1. The van der Waals surface area contributed by atoms with Crippen LogP contribution in [0.3, 0.4) is 0 Å². The summed E-state index contributed by atoms with van der Waals surface area (Å²) in [5.74, 6) is 0.498. The molecular formula is C22H23Cl2N3O2S. The minimum Gasteiger partial charge on any atom is -0.591 e. The highest BCUT2D eigenvalue weighted by molar-refractivity contribution is 7.91. The van der Waals surface area contributed by atoms with Crippen LogP contribution >= 0.6 is 23.2 Å². The number of fused-ring (bicyclic) bond motifs is 1. The van der Waals surface area contributed by atoms with Gasteiger partial charge in [0, 0.05) is 23.2 Å². The van der Waals surface area contributed by atoms with Crippen molar-refractivity contribution in [2.24, 2.45) is 4.40 Å². The fraction of sp³-hybridized carbons (Fsp3) is 0.318. The lowest BCUT2D eigenvalue weighted by molar-refractivity contribution is 0.222. The first-order valence-electron chi connectivity index (χ1n) is 9.41. The van der Waals surface area contributed by atoms with Crippen molar-refractivity contribution in [2.45, 2.75) is 45.5 Å². The van der Waals surface area contributed by atoms with Gasteiger partial charge in [0.2, 0.25) is 0 Å². The van der Waals surface area contributed by atoms with Crippen molar-refractivity contribution in [3.63, 3.8) is 0 Å². The molecular weight excluding hydrogens is 441 g/mol. The lowest BCUT2D eigenvalue weighted by Gasteiger charge is -2.19. The average Bonchev–Trinajstić information content (AvgIpc) is 2.68. The number of hydrogen-bond donors (Lipinski definition) is 0. The van der Waals surface area contributed by atoms with E-state index in [0.29, 0.717) is 27.6 Å². The maximum absolute atomic E-state index is 12.4.